The molecule has 2 heteroatoms. The van der Waals surface area contributed by atoms with Crippen molar-refractivity contribution in [2.75, 3.05) is 19.6 Å². The molecule has 0 aromatic carbocycles. The predicted molar refractivity (Wildman–Crippen MR) is 87.4 cm³/mol. The molecule has 0 fully saturated rings. The maximum absolute atomic E-state index is 6.26. The fraction of sp³-hybridized carbons (Fsp3) is 1.00. The first kappa shape index (κ1) is 18.9. The van der Waals surface area contributed by atoms with E-state index in [9.17, 15) is 0 Å². The summed E-state index contributed by atoms with van der Waals surface area (Å²) in [5.41, 5.74) is 6.45. The molecule has 2 nitrogen and oxygen atoms in total. The summed E-state index contributed by atoms with van der Waals surface area (Å²) in [6.07, 6.45) is 3.68. The van der Waals surface area contributed by atoms with E-state index in [0.717, 1.165) is 19.0 Å². The molecule has 0 heterocycles. The van der Waals surface area contributed by atoms with Gasteiger partial charge in [-0.15, -0.1) is 0 Å². The van der Waals surface area contributed by atoms with Crippen LogP contribution in [0.1, 0.15) is 67.7 Å². The zero-order valence-electron chi connectivity index (χ0n) is 14.5. The van der Waals surface area contributed by atoms with Crippen molar-refractivity contribution in [2.24, 2.45) is 23.5 Å². The van der Waals surface area contributed by atoms with Gasteiger partial charge in [0.1, 0.15) is 0 Å². The molecule has 0 aliphatic heterocycles. The van der Waals surface area contributed by atoms with E-state index in [-0.39, 0.29) is 5.54 Å². The van der Waals surface area contributed by atoms with E-state index in [1.165, 1.54) is 25.8 Å². The van der Waals surface area contributed by atoms with Gasteiger partial charge in [-0.2, -0.15) is 0 Å². The monoisotopic (exact) mass is 270 g/mol. The second-order valence-corrected chi connectivity index (χ2v) is 7.18. The second kappa shape index (κ2) is 8.97. The van der Waals surface area contributed by atoms with Gasteiger partial charge in [-0.25, -0.2) is 0 Å². The Hall–Kier alpha value is -0.0800. The van der Waals surface area contributed by atoms with E-state index in [1.807, 2.05) is 0 Å². The predicted octanol–water partition coefficient (Wildman–Crippen LogP) is 4.14. The van der Waals surface area contributed by atoms with E-state index in [0.29, 0.717) is 11.8 Å². The number of nitrogens with two attached hydrogens (primary N) is 1. The van der Waals surface area contributed by atoms with Gasteiger partial charge in [0.15, 0.2) is 0 Å². The number of rotatable bonds is 10. The number of hydrogen-bond donors (Lipinski definition) is 1. The van der Waals surface area contributed by atoms with Gasteiger partial charge in [0.25, 0.3) is 0 Å². The van der Waals surface area contributed by atoms with E-state index in [2.05, 4.69) is 53.4 Å². The lowest BCUT2D eigenvalue weighted by Crippen LogP contribution is -2.56. The molecular formula is C17H38N2. The van der Waals surface area contributed by atoms with Crippen LogP contribution in [0.15, 0.2) is 0 Å². The molecule has 19 heavy (non-hydrogen) atoms. The van der Waals surface area contributed by atoms with Gasteiger partial charge in [-0.1, -0.05) is 54.9 Å². The van der Waals surface area contributed by atoms with Crippen molar-refractivity contribution >= 4 is 0 Å². The van der Waals surface area contributed by atoms with Crippen molar-refractivity contribution in [3.63, 3.8) is 0 Å². The van der Waals surface area contributed by atoms with Gasteiger partial charge < -0.3 is 5.73 Å². The minimum atomic E-state index is 0.195. The van der Waals surface area contributed by atoms with Crippen LogP contribution in [-0.4, -0.2) is 30.1 Å². The number of likely N-dealkylation sites (N-methyl/N-ethyl adjacent to an activating group) is 1. The molecule has 0 aromatic rings. The van der Waals surface area contributed by atoms with Crippen molar-refractivity contribution < 1.29 is 0 Å². The van der Waals surface area contributed by atoms with Crippen LogP contribution in [-0.2, 0) is 0 Å². The molecule has 0 aromatic heterocycles. The molecule has 0 saturated heterocycles. The second-order valence-electron chi connectivity index (χ2n) is 7.18. The minimum absolute atomic E-state index is 0.195. The summed E-state index contributed by atoms with van der Waals surface area (Å²) in [6.45, 7) is 19.3. The molecule has 0 aliphatic rings. The highest BCUT2D eigenvalue weighted by Gasteiger charge is 2.36. The fourth-order valence-electron chi connectivity index (χ4n) is 3.32. The van der Waals surface area contributed by atoms with E-state index in [1.54, 1.807) is 0 Å². The molecule has 2 N–H and O–H groups in total. The average molecular weight is 271 g/mol. The maximum atomic E-state index is 6.26. The molecular weight excluding hydrogens is 232 g/mol. The smallest absolute Gasteiger partial charge is 0.0336 e. The van der Waals surface area contributed by atoms with Crippen molar-refractivity contribution in [3.05, 3.63) is 0 Å². The summed E-state index contributed by atoms with van der Waals surface area (Å²) < 4.78 is 0. The van der Waals surface area contributed by atoms with Crippen LogP contribution >= 0.6 is 0 Å². The average Bonchev–Trinajstić information content (AvgIpc) is 2.33. The number of nitrogens with zero attached hydrogens (tertiary/aromatic N) is 1. The Morgan fingerprint density at radius 3 is 1.68 bits per heavy atom. The van der Waals surface area contributed by atoms with E-state index in [4.69, 9.17) is 5.73 Å². The molecule has 0 spiro atoms. The first-order valence-electron chi connectivity index (χ1n) is 8.26. The Kier molecular flexibility index (Phi) is 8.93. The zero-order chi connectivity index (χ0) is 15.1. The third-order valence-electron chi connectivity index (χ3n) is 4.24. The van der Waals surface area contributed by atoms with Crippen LogP contribution in [0.4, 0.5) is 0 Å². The van der Waals surface area contributed by atoms with Gasteiger partial charge in [-0.3, -0.25) is 4.90 Å². The fourth-order valence-corrected chi connectivity index (χ4v) is 3.32. The molecule has 1 unspecified atom stereocenters. The molecule has 0 amide bonds. The molecule has 0 bridgehead atoms. The summed E-state index contributed by atoms with van der Waals surface area (Å²) in [6, 6.07) is 0. The summed E-state index contributed by atoms with van der Waals surface area (Å²) in [5.74, 6) is 2.16. The Bertz CT molecular complexity index is 213. The van der Waals surface area contributed by atoms with Crippen molar-refractivity contribution in [1.82, 2.24) is 4.90 Å². The number of hydrogen-bond acceptors (Lipinski definition) is 2. The highest BCUT2D eigenvalue weighted by Crippen LogP contribution is 2.31. The summed E-state index contributed by atoms with van der Waals surface area (Å²) in [4.78, 5) is 2.67. The standard InChI is InChI=1S/C17H38N2/c1-8-16(7)12-19(9-2)17(13-18,10-14(3)4)11-15(5)6/h14-16H,8-13,18H2,1-7H3. The van der Waals surface area contributed by atoms with Crippen LogP contribution in [0, 0.1) is 17.8 Å². The topological polar surface area (TPSA) is 29.3 Å². The zero-order valence-corrected chi connectivity index (χ0v) is 14.5. The normalized spacial score (nSPS) is 14.7. The maximum Gasteiger partial charge on any atom is 0.0336 e. The van der Waals surface area contributed by atoms with Crippen molar-refractivity contribution in [3.8, 4) is 0 Å². The van der Waals surface area contributed by atoms with Gasteiger partial charge in [0, 0.05) is 18.6 Å². The Labute approximate surface area is 122 Å². The van der Waals surface area contributed by atoms with Crippen LogP contribution < -0.4 is 5.73 Å². The van der Waals surface area contributed by atoms with Gasteiger partial charge in [0.2, 0.25) is 0 Å². The van der Waals surface area contributed by atoms with E-state index >= 15 is 0 Å². The quantitative estimate of drug-likeness (QED) is 0.646. The third-order valence-corrected chi connectivity index (χ3v) is 4.24. The largest absolute Gasteiger partial charge is 0.329 e. The van der Waals surface area contributed by atoms with Crippen LogP contribution in [0.2, 0.25) is 0 Å². The van der Waals surface area contributed by atoms with Gasteiger partial charge in [-0.05, 0) is 37.1 Å². The molecule has 1 atom stereocenters. The van der Waals surface area contributed by atoms with Crippen molar-refractivity contribution in [2.45, 2.75) is 73.3 Å². The van der Waals surface area contributed by atoms with Crippen LogP contribution in [0.5, 0.6) is 0 Å². The lowest BCUT2D eigenvalue weighted by atomic mass is 9.79. The lowest BCUT2D eigenvalue weighted by Gasteiger charge is -2.46. The molecule has 0 aliphatic carbocycles. The van der Waals surface area contributed by atoms with Gasteiger partial charge >= 0.3 is 0 Å². The SMILES string of the molecule is CCC(C)CN(CC)C(CN)(CC(C)C)CC(C)C. The first-order chi connectivity index (χ1) is 8.81. The lowest BCUT2D eigenvalue weighted by molar-refractivity contribution is 0.0452. The van der Waals surface area contributed by atoms with E-state index < -0.39 is 0 Å². The summed E-state index contributed by atoms with van der Waals surface area (Å²) in [5, 5.41) is 0. The van der Waals surface area contributed by atoms with Crippen LogP contribution in [0.25, 0.3) is 0 Å². The summed E-state index contributed by atoms with van der Waals surface area (Å²) in [7, 11) is 0. The first-order valence-corrected chi connectivity index (χ1v) is 8.26. The molecule has 0 saturated carbocycles. The summed E-state index contributed by atoms with van der Waals surface area (Å²) >= 11 is 0. The van der Waals surface area contributed by atoms with Gasteiger partial charge in [0.05, 0.1) is 0 Å². The molecule has 0 radical (unpaired) electrons. The Morgan fingerprint density at radius 2 is 1.42 bits per heavy atom. The third kappa shape index (κ3) is 6.27. The van der Waals surface area contributed by atoms with Crippen molar-refractivity contribution in [1.29, 1.82) is 0 Å². The molecule has 116 valence electrons. The highest BCUT2D eigenvalue weighted by molar-refractivity contribution is 4.93. The van der Waals surface area contributed by atoms with Crippen LogP contribution in [0.3, 0.4) is 0 Å². The molecule has 0 rings (SSSR count). The Morgan fingerprint density at radius 1 is 0.947 bits per heavy atom. The highest BCUT2D eigenvalue weighted by atomic mass is 15.2. The minimum Gasteiger partial charge on any atom is -0.329 e. The Balaban J connectivity index is 5.12.